The largest absolute Gasteiger partial charge is 0.543 e. The average molecular weight is 940 g/mol. The van der Waals surface area contributed by atoms with Crippen LogP contribution in [-0.4, -0.2) is 44.8 Å². The van der Waals surface area contributed by atoms with Crippen molar-refractivity contribution in [1.82, 2.24) is 0 Å². The molecular formula is C54H82O6Si4. The minimum absolute atomic E-state index is 0.0428. The van der Waals surface area contributed by atoms with E-state index in [0.717, 1.165) is 59.8 Å². The van der Waals surface area contributed by atoms with E-state index in [-0.39, 0.29) is 43.6 Å². The summed E-state index contributed by atoms with van der Waals surface area (Å²) < 4.78 is 28.4. The van der Waals surface area contributed by atoms with Gasteiger partial charge in [0.05, 0.1) is 0 Å². The van der Waals surface area contributed by atoms with Crippen molar-refractivity contribution < 1.29 is 27.3 Å². The second-order valence-electron chi connectivity index (χ2n) is 26.3. The molecule has 0 spiro atoms. The quantitative estimate of drug-likeness (QED) is 0.194. The van der Waals surface area contributed by atoms with Crippen LogP contribution in [0.25, 0.3) is 0 Å². The maximum Gasteiger partial charge on any atom is 0.250 e. The minimum Gasteiger partial charge on any atom is -0.543 e. The zero-order chi connectivity index (χ0) is 47.7. The van der Waals surface area contributed by atoms with Gasteiger partial charge >= 0.3 is 0 Å². The van der Waals surface area contributed by atoms with Crippen molar-refractivity contribution in [3.8, 4) is 23.0 Å². The van der Waals surface area contributed by atoms with E-state index in [1.165, 1.54) is 44.5 Å². The highest BCUT2D eigenvalue weighted by Gasteiger charge is 2.50. The number of Topliss-reactive ketones (excluding diaryl/α,β-unsaturated/α-hetero) is 2. The first-order valence-corrected chi connectivity index (χ1v) is 35.9. The number of ketones is 2. The Kier molecular flexibility index (Phi) is 12.1. The lowest BCUT2D eigenvalue weighted by Crippen LogP contribution is -2.45. The molecule has 0 saturated heterocycles. The van der Waals surface area contributed by atoms with E-state index < -0.39 is 33.3 Å². The van der Waals surface area contributed by atoms with Gasteiger partial charge in [0.15, 0.2) is 11.6 Å². The molecule has 2 atom stereocenters. The van der Waals surface area contributed by atoms with E-state index in [9.17, 15) is 9.59 Å². The summed E-state index contributed by atoms with van der Waals surface area (Å²) in [7, 11) is -8.65. The van der Waals surface area contributed by atoms with E-state index in [4.69, 9.17) is 17.7 Å². The molecule has 0 radical (unpaired) electrons. The molecule has 5 aliphatic rings. The fourth-order valence-electron chi connectivity index (χ4n) is 9.26. The Morgan fingerprint density at radius 1 is 0.375 bits per heavy atom. The van der Waals surface area contributed by atoms with Crippen LogP contribution in [-0.2, 0) is 35.3 Å². The van der Waals surface area contributed by atoms with E-state index in [1.807, 2.05) is 0 Å². The molecule has 0 unspecified atom stereocenters. The predicted molar refractivity (Wildman–Crippen MR) is 276 cm³/mol. The average Bonchev–Trinajstić information content (AvgIpc) is 3.14. The molecule has 64 heavy (non-hydrogen) atoms. The van der Waals surface area contributed by atoms with Crippen molar-refractivity contribution in [1.29, 1.82) is 0 Å². The Morgan fingerprint density at radius 3 is 0.812 bits per heavy atom. The first kappa shape index (κ1) is 49.0. The van der Waals surface area contributed by atoms with Crippen LogP contribution >= 0.6 is 0 Å². The Morgan fingerprint density at radius 2 is 0.594 bits per heavy atom. The maximum absolute atomic E-state index is 15.0. The summed E-state index contributed by atoms with van der Waals surface area (Å²) in [6.45, 7) is 46.0. The third-order valence-corrected chi connectivity index (χ3v) is 35.1. The van der Waals surface area contributed by atoms with Gasteiger partial charge in [-0.15, -0.1) is 0 Å². The lowest BCUT2D eigenvalue weighted by molar-refractivity contribution is -0.131. The number of hydrogen-bond acceptors (Lipinski definition) is 6. The summed E-state index contributed by atoms with van der Waals surface area (Å²) in [6, 6.07) is 8.63. The molecule has 2 aromatic rings. The number of rotatable bonds is 8. The maximum atomic E-state index is 15.0. The van der Waals surface area contributed by atoms with Crippen LogP contribution in [0, 0.1) is 11.8 Å². The van der Waals surface area contributed by atoms with Gasteiger partial charge < -0.3 is 17.7 Å². The molecule has 2 aromatic carbocycles. The molecule has 0 aromatic heterocycles. The predicted octanol–water partition coefficient (Wildman–Crippen LogP) is 15.0. The molecule has 10 heteroatoms. The fourth-order valence-corrected chi connectivity index (χ4v) is 13.4. The third kappa shape index (κ3) is 8.73. The number of carbonyl (C=O) groups excluding carboxylic acids is 2. The fraction of sp³-hybridized carbons (Fsp3) is 0.630. The highest BCUT2D eigenvalue weighted by molar-refractivity contribution is 6.76. The summed E-state index contributed by atoms with van der Waals surface area (Å²) in [5.41, 5.74) is 11.6. The summed E-state index contributed by atoms with van der Waals surface area (Å²) >= 11 is 0. The molecule has 350 valence electrons. The Hall–Kier alpha value is -2.93. The van der Waals surface area contributed by atoms with Crippen LogP contribution in [0.15, 0.2) is 57.7 Å². The van der Waals surface area contributed by atoms with Crippen molar-refractivity contribution in [2.24, 2.45) is 11.8 Å². The number of hydrogen-bond donors (Lipinski definition) is 0. The van der Waals surface area contributed by atoms with Crippen molar-refractivity contribution in [2.75, 3.05) is 0 Å². The zero-order valence-corrected chi connectivity index (χ0v) is 47.6. The first-order chi connectivity index (χ1) is 29.0. The summed E-state index contributed by atoms with van der Waals surface area (Å²) in [4.78, 5) is 30.0. The molecule has 0 heterocycles. The van der Waals surface area contributed by atoms with Crippen LogP contribution in [0.1, 0.15) is 131 Å². The molecule has 7 rings (SSSR count). The highest BCUT2D eigenvalue weighted by Crippen LogP contribution is 2.54. The van der Waals surface area contributed by atoms with Crippen molar-refractivity contribution in [3.05, 3.63) is 80.0 Å². The molecule has 5 aliphatic carbocycles. The number of carbonyl (C=O) groups is 2. The Bertz CT molecular complexity index is 2100. The SMILES string of the molecule is CC(C)(C)[Si](C)(C)Oc1ccc(O[Si](C)(C)C(C)(C)C)c2c1CC1=C(CC3=C(C1)C(=O)[C@H]1CC4=C(Cc5c(O[Si](C)(C)C(C)(C)C)ccc(O[Si](C)(C)C(C)(C)C)c5C4)C[C@H]1C3=O)C2. The van der Waals surface area contributed by atoms with Gasteiger partial charge in [-0.25, -0.2) is 0 Å². The minimum atomic E-state index is -2.16. The topological polar surface area (TPSA) is 71.1 Å². The van der Waals surface area contributed by atoms with Crippen molar-refractivity contribution >= 4 is 44.8 Å². The summed E-state index contributed by atoms with van der Waals surface area (Å²) in [5, 5.41) is 0.176. The Balaban J connectivity index is 1.20. The van der Waals surface area contributed by atoms with Crippen LogP contribution in [0.3, 0.4) is 0 Å². The van der Waals surface area contributed by atoms with Crippen LogP contribution in [0.5, 0.6) is 23.0 Å². The van der Waals surface area contributed by atoms with Gasteiger partial charge in [-0.1, -0.05) is 105 Å². The first-order valence-electron chi connectivity index (χ1n) is 24.3. The van der Waals surface area contributed by atoms with Crippen molar-refractivity contribution in [3.63, 3.8) is 0 Å². The molecule has 0 saturated carbocycles. The van der Waals surface area contributed by atoms with E-state index in [2.05, 4.69) is 160 Å². The highest BCUT2D eigenvalue weighted by atomic mass is 28.4. The van der Waals surface area contributed by atoms with E-state index in [0.29, 0.717) is 25.7 Å². The second-order valence-corrected chi connectivity index (χ2v) is 45.2. The molecule has 0 aliphatic heterocycles. The lowest BCUT2D eigenvalue weighted by Gasteiger charge is -2.43. The second kappa shape index (κ2) is 15.8. The van der Waals surface area contributed by atoms with E-state index in [1.54, 1.807) is 0 Å². The lowest BCUT2D eigenvalue weighted by atomic mass is 9.60. The van der Waals surface area contributed by atoms with E-state index >= 15 is 0 Å². The number of allylic oxidation sites excluding steroid dienone is 6. The van der Waals surface area contributed by atoms with Gasteiger partial charge in [-0.3, -0.25) is 9.59 Å². The van der Waals surface area contributed by atoms with Gasteiger partial charge in [0, 0.05) is 45.2 Å². The molecule has 0 fully saturated rings. The normalized spacial score (nSPS) is 21.1. The summed E-state index contributed by atoms with van der Waals surface area (Å²) in [6.07, 6.45) is 5.30. The van der Waals surface area contributed by atoms with Crippen LogP contribution < -0.4 is 17.7 Å². The van der Waals surface area contributed by atoms with Gasteiger partial charge in [0.2, 0.25) is 33.3 Å². The van der Waals surface area contributed by atoms with Gasteiger partial charge in [-0.05, 0) is 148 Å². The van der Waals surface area contributed by atoms with Gasteiger partial charge in [0.1, 0.15) is 23.0 Å². The molecule has 6 nitrogen and oxygen atoms in total. The molecule has 0 N–H and O–H groups in total. The molecular weight excluding hydrogens is 857 g/mol. The number of fused-ring (bicyclic) bond motifs is 3. The smallest absolute Gasteiger partial charge is 0.250 e. The van der Waals surface area contributed by atoms with Crippen LogP contribution in [0.2, 0.25) is 72.5 Å². The van der Waals surface area contributed by atoms with Crippen molar-refractivity contribution in [2.45, 2.75) is 207 Å². The van der Waals surface area contributed by atoms with Gasteiger partial charge in [0.25, 0.3) is 0 Å². The van der Waals surface area contributed by atoms with Gasteiger partial charge in [-0.2, -0.15) is 0 Å². The molecule has 0 amide bonds. The third-order valence-electron chi connectivity index (χ3n) is 17.8. The standard InChI is InChI=1S/C54H82O6Si4/c1-51(2,3)61(13,14)57-45-21-22-46(58-62(15,16)52(4,5)6)38-26-34-30-42-41(29-33(34)25-37(38)45)49(55)43-31-35-27-39-40(28-36(35)32-44(43)50(42)56)48(60-64(19,20)54(10,11)12)24-23-47(39)59-63(17,18)53(7,8)9/h21-24,41-42H,25-32H2,1-20H3/t41-,42+. The Labute approximate surface area is 392 Å². The molecule has 0 bridgehead atoms. The number of benzene rings is 2. The zero-order valence-electron chi connectivity index (χ0n) is 43.6. The summed E-state index contributed by atoms with van der Waals surface area (Å²) in [5.74, 6) is 3.62. The monoisotopic (exact) mass is 939 g/mol. The van der Waals surface area contributed by atoms with Crippen LogP contribution in [0.4, 0.5) is 0 Å².